The number of hydrogen-bond acceptors (Lipinski definition) is 2. The first-order valence-electron chi connectivity index (χ1n) is 4.92. The zero-order valence-electron chi connectivity index (χ0n) is 8.43. The smallest absolute Gasteiger partial charge is 0.314 e. The highest BCUT2D eigenvalue weighted by Gasteiger charge is 2.31. The molecule has 0 bridgehead atoms. The average Bonchev–Trinajstić information content (AvgIpc) is 2.10. The van der Waals surface area contributed by atoms with Gasteiger partial charge in [-0.1, -0.05) is 6.92 Å². The standard InChI is InChI=1S/C9H14Cl2N2O2/c1-5-6(12-8(10)14)3-2-4-7(5)13-9(11)15/h5-7H,2-4H2,1H3,(H,12,14)(H,13,15). The van der Waals surface area contributed by atoms with E-state index < -0.39 is 10.7 Å². The number of rotatable bonds is 2. The van der Waals surface area contributed by atoms with E-state index >= 15 is 0 Å². The molecule has 1 fully saturated rings. The Kier molecular flexibility index (Phi) is 4.67. The van der Waals surface area contributed by atoms with E-state index in [2.05, 4.69) is 10.6 Å². The van der Waals surface area contributed by atoms with Gasteiger partial charge in [0.25, 0.3) is 0 Å². The molecule has 2 atom stereocenters. The van der Waals surface area contributed by atoms with E-state index in [4.69, 9.17) is 23.2 Å². The minimum atomic E-state index is -0.551. The van der Waals surface area contributed by atoms with E-state index in [0.29, 0.717) is 0 Å². The lowest BCUT2D eigenvalue weighted by molar-refractivity contribution is 0.210. The molecule has 0 aliphatic heterocycles. The van der Waals surface area contributed by atoms with Crippen molar-refractivity contribution in [2.45, 2.75) is 38.3 Å². The van der Waals surface area contributed by atoms with Crippen molar-refractivity contribution < 1.29 is 9.59 Å². The van der Waals surface area contributed by atoms with Crippen molar-refractivity contribution in [3.63, 3.8) is 0 Å². The molecular weight excluding hydrogens is 239 g/mol. The lowest BCUT2D eigenvalue weighted by Gasteiger charge is -2.35. The highest BCUT2D eigenvalue weighted by Crippen LogP contribution is 2.25. The fourth-order valence-electron chi connectivity index (χ4n) is 2.06. The van der Waals surface area contributed by atoms with Crippen LogP contribution in [0, 0.1) is 5.92 Å². The highest BCUT2D eigenvalue weighted by molar-refractivity contribution is 6.63. The summed E-state index contributed by atoms with van der Waals surface area (Å²) in [6, 6.07) is 0.0227. The van der Waals surface area contributed by atoms with E-state index in [-0.39, 0.29) is 18.0 Å². The first-order chi connectivity index (χ1) is 7.00. The van der Waals surface area contributed by atoms with Crippen molar-refractivity contribution in [2.24, 2.45) is 5.92 Å². The van der Waals surface area contributed by atoms with E-state index in [1.54, 1.807) is 0 Å². The molecule has 6 heteroatoms. The third kappa shape index (κ3) is 3.87. The third-order valence-corrected chi connectivity index (χ3v) is 3.12. The maximum atomic E-state index is 10.7. The van der Waals surface area contributed by atoms with E-state index in [1.807, 2.05) is 6.92 Å². The van der Waals surface area contributed by atoms with Crippen LogP contribution in [0.25, 0.3) is 0 Å². The zero-order valence-corrected chi connectivity index (χ0v) is 9.94. The van der Waals surface area contributed by atoms with Crippen molar-refractivity contribution in [1.29, 1.82) is 0 Å². The lowest BCUT2D eigenvalue weighted by atomic mass is 9.82. The molecule has 2 amide bonds. The summed E-state index contributed by atoms with van der Waals surface area (Å²) < 4.78 is 0. The van der Waals surface area contributed by atoms with Gasteiger partial charge in [-0.05, 0) is 48.4 Å². The van der Waals surface area contributed by atoms with Crippen LogP contribution in [0.4, 0.5) is 9.59 Å². The van der Waals surface area contributed by atoms with Gasteiger partial charge >= 0.3 is 10.7 Å². The van der Waals surface area contributed by atoms with Gasteiger partial charge in [-0.3, -0.25) is 9.59 Å². The Morgan fingerprint density at radius 3 is 1.80 bits per heavy atom. The van der Waals surface area contributed by atoms with Crippen LogP contribution >= 0.6 is 23.2 Å². The van der Waals surface area contributed by atoms with Crippen LogP contribution < -0.4 is 10.6 Å². The number of amides is 2. The number of hydrogen-bond donors (Lipinski definition) is 2. The van der Waals surface area contributed by atoms with Gasteiger partial charge in [0.15, 0.2) is 0 Å². The molecule has 0 aromatic heterocycles. The molecule has 2 unspecified atom stereocenters. The van der Waals surface area contributed by atoms with Crippen LogP contribution in [0.15, 0.2) is 0 Å². The van der Waals surface area contributed by atoms with Gasteiger partial charge in [-0.25, -0.2) is 0 Å². The van der Waals surface area contributed by atoms with Crippen LogP contribution in [0.5, 0.6) is 0 Å². The molecule has 15 heavy (non-hydrogen) atoms. The third-order valence-electron chi connectivity index (χ3n) is 2.90. The molecule has 0 aromatic rings. The average molecular weight is 253 g/mol. The molecule has 86 valence electrons. The molecule has 0 saturated heterocycles. The normalized spacial score (nSPS) is 30.7. The van der Waals surface area contributed by atoms with Crippen molar-refractivity contribution in [2.75, 3.05) is 0 Å². The molecule has 1 saturated carbocycles. The maximum Gasteiger partial charge on any atom is 0.314 e. The predicted molar refractivity (Wildman–Crippen MR) is 59.4 cm³/mol. The van der Waals surface area contributed by atoms with Crippen LogP contribution in [0.2, 0.25) is 0 Å². The second kappa shape index (κ2) is 5.56. The summed E-state index contributed by atoms with van der Waals surface area (Å²) in [6.07, 6.45) is 2.70. The SMILES string of the molecule is CC1C(NC(=O)Cl)CCCC1NC(=O)Cl. The molecule has 0 spiro atoms. The highest BCUT2D eigenvalue weighted by atomic mass is 35.5. The van der Waals surface area contributed by atoms with Crippen LogP contribution in [-0.2, 0) is 0 Å². The van der Waals surface area contributed by atoms with Gasteiger partial charge in [0.2, 0.25) is 0 Å². The number of carbonyl (C=O) groups is 2. The fourth-order valence-corrected chi connectivity index (χ4v) is 2.34. The Morgan fingerprint density at radius 1 is 1.07 bits per heavy atom. The quantitative estimate of drug-likeness (QED) is 0.586. The molecule has 4 nitrogen and oxygen atoms in total. The van der Waals surface area contributed by atoms with E-state index in [0.717, 1.165) is 19.3 Å². The lowest BCUT2D eigenvalue weighted by Crippen LogP contribution is -2.50. The Bertz CT molecular complexity index is 236. The van der Waals surface area contributed by atoms with Gasteiger partial charge < -0.3 is 10.6 Å². The van der Waals surface area contributed by atoms with Gasteiger partial charge in [-0.15, -0.1) is 0 Å². The summed E-state index contributed by atoms with van der Waals surface area (Å²) in [4.78, 5) is 21.5. The summed E-state index contributed by atoms with van der Waals surface area (Å²) in [5, 5.41) is 4.23. The Hall–Kier alpha value is -0.480. The molecule has 1 rings (SSSR count). The molecule has 0 radical (unpaired) electrons. The van der Waals surface area contributed by atoms with Crippen LogP contribution in [-0.4, -0.2) is 22.8 Å². The summed E-state index contributed by atoms with van der Waals surface area (Å²) in [6.45, 7) is 1.97. The van der Waals surface area contributed by atoms with Crippen molar-refractivity contribution in [3.8, 4) is 0 Å². The Morgan fingerprint density at radius 2 is 1.47 bits per heavy atom. The molecular formula is C9H14Cl2N2O2. The summed E-state index contributed by atoms with van der Waals surface area (Å²) in [5.74, 6) is 0.143. The zero-order chi connectivity index (χ0) is 11.4. The molecule has 1 aliphatic rings. The predicted octanol–water partition coefficient (Wildman–Crippen LogP) is 2.44. The van der Waals surface area contributed by atoms with Crippen molar-refractivity contribution in [3.05, 3.63) is 0 Å². The fraction of sp³-hybridized carbons (Fsp3) is 0.778. The summed E-state index contributed by atoms with van der Waals surface area (Å²) in [7, 11) is 0. The van der Waals surface area contributed by atoms with Crippen molar-refractivity contribution in [1.82, 2.24) is 10.6 Å². The Balaban J connectivity index is 2.54. The van der Waals surface area contributed by atoms with Gasteiger partial charge in [-0.2, -0.15) is 0 Å². The molecule has 0 aromatic carbocycles. The number of nitrogens with one attached hydrogen (secondary N) is 2. The molecule has 2 N–H and O–H groups in total. The monoisotopic (exact) mass is 252 g/mol. The number of carbonyl (C=O) groups excluding carboxylic acids is 2. The minimum Gasteiger partial charge on any atom is -0.340 e. The second-order valence-corrected chi connectivity index (χ2v) is 4.53. The number of halogens is 2. The maximum absolute atomic E-state index is 10.7. The van der Waals surface area contributed by atoms with Crippen molar-refractivity contribution >= 4 is 33.9 Å². The second-order valence-electron chi connectivity index (χ2n) is 3.84. The van der Waals surface area contributed by atoms with Gasteiger partial charge in [0.05, 0.1) is 0 Å². The molecule has 0 heterocycles. The van der Waals surface area contributed by atoms with Crippen LogP contribution in [0.3, 0.4) is 0 Å². The minimum absolute atomic E-state index is 0.0114. The summed E-state index contributed by atoms with van der Waals surface area (Å²) >= 11 is 10.5. The van der Waals surface area contributed by atoms with Gasteiger partial charge in [0.1, 0.15) is 0 Å². The van der Waals surface area contributed by atoms with Crippen LogP contribution in [0.1, 0.15) is 26.2 Å². The van der Waals surface area contributed by atoms with Gasteiger partial charge in [0, 0.05) is 12.1 Å². The topological polar surface area (TPSA) is 58.2 Å². The summed E-state index contributed by atoms with van der Waals surface area (Å²) in [5.41, 5.74) is 0. The first kappa shape index (κ1) is 12.6. The molecule has 1 aliphatic carbocycles. The van der Waals surface area contributed by atoms with E-state index in [1.165, 1.54) is 0 Å². The largest absolute Gasteiger partial charge is 0.340 e. The first-order valence-corrected chi connectivity index (χ1v) is 5.68. The van der Waals surface area contributed by atoms with E-state index in [9.17, 15) is 9.59 Å². The Labute approximate surface area is 98.7 Å².